The minimum atomic E-state index is -0.761. The van der Waals surface area contributed by atoms with E-state index in [1.54, 1.807) is 4.90 Å². The summed E-state index contributed by atoms with van der Waals surface area (Å²) in [5.41, 5.74) is 0.507. The van der Waals surface area contributed by atoms with Crippen molar-refractivity contribution in [1.82, 2.24) is 9.80 Å². The molecule has 1 amide bonds. The highest BCUT2D eigenvalue weighted by Gasteiger charge is 2.38. The second kappa shape index (κ2) is 6.39. The number of β-amino-alcohol motifs (C(OH)–C–C–N with tert-alkyl or cyclic N) is 1. The largest absolute Gasteiger partial charge is 0.387 e. The van der Waals surface area contributed by atoms with Crippen molar-refractivity contribution >= 4 is 5.91 Å². The Kier molecular flexibility index (Phi) is 4.50. The zero-order valence-electron chi connectivity index (χ0n) is 13.4. The topological polar surface area (TPSA) is 43.8 Å². The molecule has 22 heavy (non-hydrogen) atoms. The third kappa shape index (κ3) is 4.08. The van der Waals surface area contributed by atoms with Crippen LogP contribution in [0.1, 0.15) is 31.2 Å². The Morgan fingerprint density at radius 1 is 1.36 bits per heavy atom. The van der Waals surface area contributed by atoms with Crippen LogP contribution in [0.2, 0.25) is 0 Å². The van der Waals surface area contributed by atoms with E-state index in [-0.39, 0.29) is 5.91 Å². The number of rotatable bonds is 6. The van der Waals surface area contributed by atoms with Gasteiger partial charge in [-0.2, -0.15) is 0 Å². The van der Waals surface area contributed by atoms with E-state index in [1.807, 2.05) is 25.2 Å². The normalized spacial score (nSPS) is 25.4. The Balaban J connectivity index is 1.50. The molecular formula is C18H26N2O2. The maximum atomic E-state index is 12.1. The van der Waals surface area contributed by atoms with Crippen molar-refractivity contribution in [3.8, 4) is 0 Å². The zero-order chi connectivity index (χ0) is 15.6. The highest BCUT2D eigenvalue weighted by atomic mass is 16.3. The van der Waals surface area contributed by atoms with Crippen molar-refractivity contribution in [2.45, 2.75) is 37.8 Å². The molecule has 1 N–H and O–H groups in total. The molecule has 1 aliphatic heterocycles. The molecule has 120 valence electrons. The predicted octanol–water partition coefficient (Wildman–Crippen LogP) is 1.88. The van der Waals surface area contributed by atoms with Gasteiger partial charge in [0.05, 0.1) is 12.1 Å². The van der Waals surface area contributed by atoms with Crippen molar-refractivity contribution in [1.29, 1.82) is 0 Å². The van der Waals surface area contributed by atoms with Crippen LogP contribution in [0, 0.1) is 5.92 Å². The van der Waals surface area contributed by atoms with Gasteiger partial charge in [-0.05, 0) is 30.7 Å². The summed E-state index contributed by atoms with van der Waals surface area (Å²) in [6.45, 7) is 2.84. The number of likely N-dealkylation sites (tertiary alicyclic amines) is 1. The zero-order valence-corrected chi connectivity index (χ0v) is 13.4. The van der Waals surface area contributed by atoms with E-state index in [0.29, 0.717) is 25.4 Å². The van der Waals surface area contributed by atoms with E-state index in [0.717, 1.165) is 19.5 Å². The maximum absolute atomic E-state index is 12.1. The predicted molar refractivity (Wildman–Crippen MR) is 86.3 cm³/mol. The quantitative estimate of drug-likeness (QED) is 0.872. The summed E-state index contributed by atoms with van der Waals surface area (Å²) in [7, 11) is 1.82. The van der Waals surface area contributed by atoms with Gasteiger partial charge in [0.25, 0.3) is 0 Å². The number of likely N-dealkylation sites (N-methyl/N-ethyl adjacent to an activating group) is 1. The molecule has 1 saturated carbocycles. The molecule has 0 bridgehead atoms. The summed E-state index contributed by atoms with van der Waals surface area (Å²) >= 11 is 0. The van der Waals surface area contributed by atoms with Crippen LogP contribution in [0.15, 0.2) is 30.3 Å². The summed E-state index contributed by atoms with van der Waals surface area (Å²) in [5, 5.41) is 10.8. The molecule has 3 rings (SSSR count). The summed E-state index contributed by atoms with van der Waals surface area (Å²) in [5.74, 6) is 0.778. The van der Waals surface area contributed by atoms with Crippen molar-refractivity contribution in [3.05, 3.63) is 35.9 Å². The monoisotopic (exact) mass is 302 g/mol. The average Bonchev–Trinajstić information content (AvgIpc) is 3.23. The van der Waals surface area contributed by atoms with Crippen LogP contribution in [-0.2, 0) is 11.3 Å². The Bertz CT molecular complexity index is 515. The van der Waals surface area contributed by atoms with Crippen molar-refractivity contribution in [3.63, 3.8) is 0 Å². The third-order valence-corrected chi connectivity index (χ3v) is 4.78. The summed E-state index contributed by atoms with van der Waals surface area (Å²) in [6.07, 6.45) is 3.77. The molecule has 0 spiro atoms. The molecule has 2 fully saturated rings. The number of hydrogen-bond acceptors (Lipinski definition) is 3. The van der Waals surface area contributed by atoms with Gasteiger partial charge in [0, 0.05) is 33.1 Å². The molecule has 4 heteroatoms. The molecule has 1 aromatic carbocycles. The second-order valence-corrected chi connectivity index (χ2v) is 7.07. The Morgan fingerprint density at radius 2 is 2.09 bits per heavy atom. The molecule has 0 aromatic heterocycles. The van der Waals surface area contributed by atoms with Crippen molar-refractivity contribution in [2.24, 2.45) is 5.92 Å². The Hall–Kier alpha value is -1.39. The van der Waals surface area contributed by atoms with Gasteiger partial charge in [0.15, 0.2) is 0 Å². The third-order valence-electron chi connectivity index (χ3n) is 4.78. The molecule has 1 aliphatic carbocycles. The summed E-state index contributed by atoms with van der Waals surface area (Å²) in [6, 6.07) is 10.3. The van der Waals surface area contributed by atoms with Gasteiger partial charge >= 0.3 is 0 Å². The number of aliphatic hydroxyl groups is 1. The smallest absolute Gasteiger partial charge is 0.222 e. The van der Waals surface area contributed by atoms with E-state index < -0.39 is 5.60 Å². The van der Waals surface area contributed by atoms with Gasteiger partial charge in [-0.15, -0.1) is 0 Å². The van der Waals surface area contributed by atoms with E-state index in [4.69, 9.17) is 0 Å². The van der Waals surface area contributed by atoms with Gasteiger partial charge in [-0.25, -0.2) is 0 Å². The second-order valence-electron chi connectivity index (χ2n) is 7.07. The molecule has 1 atom stereocenters. The van der Waals surface area contributed by atoms with Gasteiger partial charge in [0.1, 0.15) is 0 Å². The van der Waals surface area contributed by atoms with Crippen LogP contribution < -0.4 is 0 Å². The molecule has 1 saturated heterocycles. The lowest BCUT2D eigenvalue weighted by atomic mass is 10.0. The highest BCUT2D eigenvalue weighted by Crippen LogP contribution is 2.33. The number of benzene rings is 1. The van der Waals surface area contributed by atoms with E-state index in [1.165, 1.54) is 18.4 Å². The van der Waals surface area contributed by atoms with Crippen LogP contribution in [0.3, 0.4) is 0 Å². The minimum Gasteiger partial charge on any atom is -0.387 e. The van der Waals surface area contributed by atoms with E-state index in [2.05, 4.69) is 17.0 Å². The summed E-state index contributed by atoms with van der Waals surface area (Å²) in [4.78, 5) is 16.1. The van der Waals surface area contributed by atoms with Crippen LogP contribution in [0.25, 0.3) is 0 Å². The van der Waals surface area contributed by atoms with E-state index in [9.17, 15) is 9.90 Å². The molecule has 1 heterocycles. The lowest BCUT2D eigenvalue weighted by molar-refractivity contribution is -0.133. The van der Waals surface area contributed by atoms with Crippen LogP contribution in [0.4, 0.5) is 0 Å². The van der Waals surface area contributed by atoms with E-state index >= 15 is 0 Å². The van der Waals surface area contributed by atoms with Crippen LogP contribution >= 0.6 is 0 Å². The first-order valence-corrected chi connectivity index (χ1v) is 8.27. The molecule has 1 aromatic rings. The number of nitrogens with zero attached hydrogens (tertiary/aromatic N) is 2. The van der Waals surface area contributed by atoms with Crippen molar-refractivity contribution < 1.29 is 9.90 Å². The first-order chi connectivity index (χ1) is 10.5. The lowest BCUT2D eigenvalue weighted by Gasteiger charge is -2.29. The highest BCUT2D eigenvalue weighted by molar-refractivity contribution is 5.76. The SMILES string of the molecule is CN(CC1(O)CCN(Cc2ccccc2)C1)C(=O)CC1CC1. The van der Waals surface area contributed by atoms with Gasteiger partial charge in [-0.1, -0.05) is 30.3 Å². The van der Waals surface area contributed by atoms with Crippen LogP contribution in [0.5, 0.6) is 0 Å². The summed E-state index contributed by atoms with van der Waals surface area (Å²) < 4.78 is 0. The molecule has 4 nitrogen and oxygen atoms in total. The fourth-order valence-electron chi connectivity index (χ4n) is 3.30. The molecule has 0 radical (unpaired) electrons. The number of hydrogen-bond donors (Lipinski definition) is 1. The lowest BCUT2D eigenvalue weighted by Crippen LogP contribution is -2.45. The van der Waals surface area contributed by atoms with Crippen molar-refractivity contribution in [2.75, 3.05) is 26.7 Å². The standard InChI is InChI=1S/C18H26N2O2/c1-19(17(21)11-15-7-8-15)13-18(22)9-10-20(14-18)12-16-5-3-2-4-6-16/h2-6,15,22H,7-14H2,1H3. The Labute approximate surface area is 132 Å². The minimum absolute atomic E-state index is 0.178. The van der Waals surface area contributed by atoms with Gasteiger partial charge in [-0.3, -0.25) is 9.69 Å². The fourth-order valence-corrected chi connectivity index (χ4v) is 3.30. The first kappa shape index (κ1) is 15.5. The maximum Gasteiger partial charge on any atom is 0.222 e. The first-order valence-electron chi connectivity index (χ1n) is 8.27. The number of carbonyl (C=O) groups is 1. The number of amides is 1. The fraction of sp³-hybridized carbons (Fsp3) is 0.611. The average molecular weight is 302 g/mol. The van der Waals surface area contributed by atoms with Crippen LogP contribution in [-0.4, -0.2) is 53.1 Å². The van der Waals surface area contributed by atoms with Gasteiger partial charge < -0.3 is 10.0 Å². The molecule has 1 unspecified atom stereocenters. The molecular weight excluding hydrogens is 276 g/mol. The van der Waals surface area contributed by atoms with Gasteiger partial charge in [0.2, 0.25) is 5.91 Å². The number of carbonyl (C=O) groups excluding carboxylic acids is 1. The Morgan fingerprint density at radius 3 is 2.77 bits per heavy atom. The molecule has 2 aliphatic rings.